The van der Waals surface area contributed by atoms with Gasteiger partial charge in [0.2, 0.25) is 21.8 Å². The molecule has 3 rings (SSSR count). The van der Waals surface area contributed by atoms with Crippen LogP contribution in [0.3, 0.4) is 0 Å². The van der Waals surface area contributed by atoms with Gasteiger partial charge in [0, 0.05) is 24.5 Å². The first-order valence-electron chi connectivity index (χ1n) is 13.0. The minimum absolute atomic E-state index is 0.143. The lowest BCUT2D eigenvalue weighted by atomic mass is 10.0. The average Bonchev–Trinajstić information content (AvgIpc) is 2.91. The summed E-state index contributed by atoms with van der Waals surface area (Å²) < 4.78 is 26.9. The summed E-state index contributed by atoms with van der Waals surface area (Å²) in [4.78, 5) is 29.1. The quantitative estimate of drug-likeness (QED) is 0.294. The molecule has 0 radical (unpaired) electrons. The van der Waals surface area contributed by atoms with Crippen LogP contribution in [0.1, 0.15) is 36.5 Å². The van der Waals surface area contributed by atoms with E-state index in [2.05, 4.69) is 5.32 Å². The van der Waals surface area contributed by atoms with Crippen molar-refractivity contribution in [3.05, 3.63) is 101 Å². The van der Waals surface area contributed by atoms with Gasteiger partial charge >= 0.3 is 0 Å². The first-order valence-corrected chi connectivity index (χ1v) is 15.2. The molecular weight excluding hydrogens is 534 g/mol. The van der Waals surface area contributed by atoms with Gasteiger partial charge in [-0.3, -0.25) is 13.9 Å². The van der Waals surface area contributed by atoms with Crippen molar-refractivity contribution in [2.75, 3.05) is 23.7 Å². The predicted molar refractivity (Wildman–Crippen MR) is 157 cm³/mol. The fourth-order valence-corrected chi connectivity index (χ4v) is 5.37. The molecule has 2 amide bonds. The average molecular weight is 570 g/mol. The number of anilines is 1. The van der Waals surface area contributed by atoms with Gasteiger partial charge in [0.05, 0.1) is 11.9 Å². The molecule has 0 aromatic heterocycles. The van der Waals surface area contributed by atoms with Crippen LogP contribution in [-0.4, -0.2) is 50.5 Å². The Balaban J connectivity index is 2.04. The smallest absolute Gasteiger partial charge is 0.244 e. The Morgan fingerprint density at radius 3 is 2.13 bits per heavy atom. The summed E-state index contributed by atoms with van der Waals surface area (Å²) in [5.74, 6) is -0.767. The Kier molecular flexibility index (Phi) is 10.9. The first-order chi connectivity index (χ1) is 18.6. The van der Waals surface area contributed by atoms with E-state index in [4.69, 9.17) is 11.6 Å². The highest BCUT2D eigenvalue weighted by molar-refractivity contribution is 7.92. The Bertz CT molecular complexity index is 1350. The van der Waals surface area contributed by atoms with Crippen molar-refractivity contribution in [2.24, 2.45) is 0 Å². The number of hydrogen-bond acceptors (Lipinski definition) is 4. The van der Waals surface area contributed by atoms with E-state index < -0.39 is 28.5 Å². The van der Waals surface area contributed by atoms with Gasteiger partial charge in [-0.15, -0.1) is 0 Å². The van der Waals surface area contributed by atoms with E-state index in [0.29, 0.717) is 22.8 Å². The number of carbonyl (C=O) groups excluding carboxylic acids is 2. The zero-order chi connectivity index (χ0) is 28.4. The highest BCUT2D eigenvalue weighted by Crippen LogP contribution is 2.28. The molecule has 208 valence electrons. The minimum atomic E-state index is -3.85. The van der Waals surface area contributed by atoms with Gasteiger partial charge < -0.3 is 10.2 Å². The van der Waals surface area contributed by atoms with Crippen molar-refractivity contribution in [3.63, 3.8) is 0 Å². The maximum Gasteiger partial charge on any atom is 0.244 e. The maximum absolute atomic E-state index is 14.0. The van der Waals surface area contributed by atoms with E-state index in [9.17, 15) is 18.0 Å². The molecule has 9 heteroatoms. The lowest BCUT2D eigenvalue weighted by Gasteiger charge is -2.34. The molecule has 0 aliphatic heterocycles. The lowest BCUT2D eigenvalue weighted by Crippen LogP contribution is -2.53. The highest BCUT2D eigenvalue weighted by atomic mass is 35.5. The zero-order valence-corrected chi connectivity index (χ0v) is 24.2. The molecule has 0 saturated heterocycles. The number of unbranched alkanes of at least 4 members (excludes halogenated alkanes) is 1. The van der Waals surface area contributed by atoms with Crippen LogP contribution in [0, 0.1) is 6.92 Å². The molecule has 1 N–H and O–H groups in total. The molecule has 0 fully saturated rings. The van der Waals surface area contributed by atoms with Gasteiger partial charge in [0.15, 0.2) is 0 Å². The van der Waals surface area contributed by atoms with Crippen molar-refractivity contribution >= 4 is 39.1 Å². The summed E-state index contributed by atoms with van der Waals surface area (Å²) in [6.07, 6.45) is 3.07. The Hall–Kier alpha value is -3.36. The Labute approximate surface area is 236 Å². The summed E-state index contributed by atoms with van der Waals surface area (Å²) in [6, 6.07) is 22.9. The van der Waals surface area contributed by atoms with Crippen molar-refractivity contribution in [3.8, 4) is 0 Å². The fraction of sp³-hybridized carbons (Fsp3) is 0.333. The van der Waals surface area contributed by atoms with Crippen molar-refractivity contribution in [2.45, 2.75) is 45.7 Å². The second-order valence-corrected chi connectivity index (χ2v) is 11.8. The molecule has 0 heterocycles. The number of hydrogen-bond donors (Lipinski definition) is 1. The highest BCUT2D eigenvalue weighted by Gasteiger charge is 2.33. The van der Waals surface area contributed by atoms with Crippen LogP contribution in [0.15, 0.2) is 78.9 Å². The Morgan fingerprint density at radius 1 is 0.923 bits per heavy atom. The number of sulfonamides is 1. The Morgan fingerprint density at radius 2 is 1.54 bits per heavy atom. The number of halogens is 1. The monoisotopic (exact) mass is 569 g/mol. The van der Waals surface area contributed by atoms with E-state index in [-0.39, 0.29) is 18.9 Å². The number of benzene rings is 3. The van der Waals surface area contributed by atoms with Crippen molar-refractivity contribution in [1.29, 1.82) is 0 Å². The second-order valence-electron chi connectivity index (χ2n) is 9.51. The molecule has 1 unspecified atom stereocenters. The summed E-state index contributed by atoms with van der Waals surface area (Å²) in [6.45, 7) is 3.91. The summed E-state index contributed by atoms with van der Waals surface area (Å²) in [5, 5.41) is 3.37. The molecule has 0 saturated carbocycles. The van der Waals surface area contributed by atoms with E-state index >= 15 is 0 Å². The second kappa shape index (κ2) is 14.1. The predicted octanol–water partition coefficient (Wildman–Crippen LogP) is 4.97. The molecule has 1 atom stereocenters. The molecule has 0 aliphatic carbocycles. The third-order valence-electron chi connectivity index (χ3n) is 6.48. The van der Waals surface area contributed by atoms with Crippen molar-refractivity contribution in [1.82, 2.24) is 10.2 Å². The molecule has 0 bridgehead atoms. The van der Waals surface area contributed by atoms with E-state index in [1.807, 2.05) is 67.6 Å². The van der Waals surface area contributed by atoms with Gasteiger partial charge in [-0.05, 0) is 42.2 Å². The van der Waals surface area contributed by atoms with Crippen LogP contribution in [0.4, 0.5) is 5.69 Å². The van der Waals surface area contributed by atoms with Crippen LogP contribution < -0.4 is 9.62 Å². The lowest BCUT2D eigenvalue weighted by molar-refractivity contribution is -0.140. The SMILES string of the molecule is CCCCNC(=O)C(Cc1ccccc1)N(Cc1ccccc1)C(=O)CN(c1cccc(Cl)c1C)S(C)(=O)=O. The van der Waals surface area contributed by atoms with Crippen LogP contribution in [0.25, 0.3) is 0 Å². The minimum Gasteiger partial charge on any atom is -0.354 e. The van der Waals surface area contributed by atoms with Crippen LogP contribution in [0.5, 0.6) is 0 Å². The van der Waals surface area contributed by atoms with Gasteiger partial charge in [-0.1, -0.05) is 91.7 Å². The molecule has 0 spiro atoms. The van der Waals surface area contributed by atoms with Crippen molar-refractivity contribution < 1.29 is 18.0 Å². The third-order valence-corrected chi connectivity index (χ3v) is 8.02. The van der Waals surface area contributed by atoms with Crippen LogP contribution in [-0.2, 0) is 32.6 Å². The number of carbonyl (C=O) groups is 2. The molecule has 0 aliphatic rings. The van der Waals surface area contributed by atoms with Gasteiger partial charge in [-0.2, -0.15) is 0 Å². The number of rotatable bonds is 13. The molecular formula is C30H36ClN3O4S. The van der Waals surface area contributed by atoms with Crippen LogP contribution in [0.2, 0.25) is 5.02 Å². The summed E-state index contributed by atoms with van der Waals surface area (Å²) in [5.41, 5.74) is 2.59. The van der Waals surface area contributed by atoms with Gasteiger partial charge in [0.1, 0.15) is 12.6 Å². The van der Waals surface area contributed by atoms with Crippen LogP contribution >= 0.6 is 11.6 Å². The van der Waals surface area contributed by atoms with E-state index in [1.165, 1.54) is 4.90 Å². The van der Waals surface area contributed by atoms with Gasteiger partial charge in [-0.25, -0.2) is 8.42 Å². The fourth-order valence-electron chi connectivity index (χ4n) is 4.30. The van der Waals surface area contributed by atoms with Gasteiger partial charge in [0.25, 0.3) is 0 Å². The number of nitrogens with zero attached hydrogens (tertiary/aromatic N) is 2. The molecule has 7 nitrogen and oxygen atoms in total. The normalized spacial score (nSPS) is 12.0. The summed E-state index contributed by atoms with van der Waals surface area (Å²) >= 11 is 6.29. The molecule has 3 aromatic rings. The standard InChI is InChI=1S/C30H36ClN3O4S/c1-4-5-19-32-30(36)28(20-24-13-8-6-9-14-24)33(21-25-15-10-7-11-16-25)29(35)22-34(39(3,37)38)27-18-12-17-26(31)23(27)2/h6-18,28H,4-5,19-22H2,1-3H3,(H,32,36). The summed E-state index contributed by atoms with van der Waals surface area (Å²) in [7, 11) is -3.85. The zero-order valence-electron chi connectivity index (χ0n) is 22.6. The third kappa shape index (κ3) is 8.57. The molecule has 39 heavy (non-hydrogen) atoms. The number of nitrogens with one attached hydrogen (secondary N) is 1. The molecule has 3 aromatic carbocycles. The van der Waals surface area contributed by atoms with E-state index in [1.54, 1.807) is 25.1 Å². The van der Waals surface area contributed by atoms with E-state index in [0.717, 1.165) is 34.5 Å². The maximum atomic E-state index is 14.0. The number of amides is 2. The largest absolute Gasteiger partial charge is 0.354 e. The first kappa shape index (κ1) is 30.2. The topological polar surface area (TPSA) is 86.8 Å².